The molecule has 0 unspecified atom stereocenters. The van der Waals surface area contributed by atoms with E-state index in [0.29, 0.717) is 5.82 Å². The van der Waals surface area contributed by atoms with E-state index in [4.69, 9.17) is 17.3 Å². The Hall–Kier alpha value is -1.20. The van der Waals surface area contributed by atoms with Crippen LogP contribution in [0.1, 0.15) is 20.8 Å². The Morgan fingerprint density at radius 1 is 1.56 bits per heavy atom. The maximum Gasteiger partial charge on any atom is 0.242 e. The molecule has 1 atom stereocenters. The summed E-state index contributed by atoms with van der Waals surface area (Å²) in [4.78, 5) is 19.3. The zero-order valence-corrected chi connectivity index (χ0v) is 10.2. The Morgan fingerprint density at radius 3 is 2.69 bits per heavy atom. The molecular weight excluding hydrogens is 228 g/mol. The first-order chi connectivity index (χ1) is 7.30. The molecule has 88 valence electrons. The van der Waals surface area contributed by atoms with Crippen molar-refractivity contribution in [3.63, 3.8) is 0 Å². The molecule has 0 spiro atoms. The number of hydrogen-bond donors (Lipinski definition) is 2. The number of carbonyl (C=O) groups excluding carboxylic acids is 1. The van der Waals surface area contributed by atoms with Gasteiger partial charge in [0, 0.05) is 6.20 Å². The van der Waals surface area contributed by atoms with E-state index < -0.39 is 6.04 Å². The van der Waals surface area contributed by atoms with Gasteiger partial charge in [0.05, 0.1) is 6.04 Å². The van der Waals surface area contributed by atoms with Crippen LogP contribution in [0.3, 0.4) is 0 Å². The van der Waals surface area contributed by atoms with Crippen LogP contribution in [0.25, 0.3) is 0 Å². The van der Waals surface area contributed by atoms with E-state index in [2.05, 4.69) is 15.3 Å². The SMILES string of the molecule is CC(C)(C)[C@H](N)C(=O)Nc1ccnc(Cl)n1. The summed E-state index contributed by atoms with van der Waals surface area (Å²) in [6, 6.07) is 0.945. The number of amides is 1. The van der Waals surface area contributed by atoms with Crippen LogP contribution in [-0.4, -0.2) is 21.9 Å². The second-order valence-electron chi connectivity index (χ2n) is 4.54. The Balaban J connectivity index is 2.72. The highest BCUT2D eigenvalue weighted by Gasteiger charge is 2.27. The fraction of sp³-hybridized carbons (Fsp3) is 0.500. The highest BCUT2D eigenvalue weighted by molar-refractivity contribution is 6.28. The molecule has 0 aliphatic carbocycles. The molecule has 0 saturated carbocycles. The Labute approximate surface area is 99.4 Å². The lowest BCUT2D eigenvalue weighted by atomic mass is 9.87. The predicted octanol–water partition coefficient (Wildman–Crippen LogP) is 1.44. The first-order valence-corrected chi connectivity index (χ1v) is 5.23. The van der Waals surface area contributed by atoms with E-state index in [1.807, 2.05) is 20.8 Å². The molecule has 1 rings (SSSR count). The molecule has 0 bridgehead atoms. The second-order valence-corrected chi connectivity index (χ2v) is 4.88. The van der Waals surface area contributed by atoms with Gasteiger partial charge in [0.25, 0.3) is 0 Å². The standard InChI is InChI=1S/C10H15ClN4O/c1-10(2,3)7(12)8(16)14-6-4-5-13-9(11)15-6/h4-5,7H,12H2,1-3H3,(H,13,14,15,16)/t7-/m1/s1. The molecule has 1 aromatic rings. The van der Waals surface area contributed by atoms with Gasteiger partial charge in [-0.2, -0.15) is 0 Å². The average Bonchev–Trinajstić information content (AvgIpc) is 2.15. The molecule has 0 radical (unpaired) electrons. The van der Waals surface area contributed by atoms with Gasteiger partial charge in [0.15, 0.2) is 0 Å². The number of nitrogens with one attached hydrogen (secondary N) is 1. The van der Waals surface area contributed by atoms with Crippen molar-refractivity contribution < 1.29 is 4.79 Å². The van der Waals surface area contributed by atoms with Crippen molar-refractivity contribution >= 4 is 23.3 Å². The van der Waals surface area contributed by atoms with Crippen LogP contribution in [0, 0.1) is 5.41 Å². The zero-order chi connectivity index (χ0) is 12.3. The summed E-state index contributed by atoms with van der Waals surface area (Å²) < 4.78 is 0. The average molecular weight is 243 g/mol. The summed E-state index contributed by atoms with van der Waals surface area (Å²) in [5.41, 5.74) is 5.49. The zero-order valence-electron chi connectivity index (χ0n) is 9.49. The highest BCUT2D eigenvalue weighted by atomic mass is 35.5. The molecule has 1 heterocycles. The summed E-state index contributed by atoms with van der Waals surface area (Å²) in [5, 5.41) is 2.67. The Kier molecular flexibility index (Phi) is 3.83. The molecule has 5 nitrogen and oxygen atoms in total. The number of aromatic nitrogens is 2. The molecule has 0 aromatic carbocycles. The molecule has 0 aliphatic heterocycles. The van der Waals surface area contributed by atoms with Gasteiger partial charge in [-0.1, -0.05) is 20.8 Å². The van der Waals surface area contributed by atoms with Crippen molar-refractivity contribution in [2.45, 2.75) is 26.8 Å². The molecule has 3 N–H and O–H groups in total. The third-order valence-corrected chi connectivity index (χ3v) is 2.28. The predicted molar refractivity (Wildman–Crippen MR) is 63.1 cm³/mol. The minimum Gasteiger partial charge on any atom is -0.319 e. The number of nitrogens with two attached hydrogens (primary N) is 1. The first kappa shape index (κ1) is 12.9. The fourth-order valence-corrected chi connectivity index (χ4v) is 1.15. The topological polar surface area (TPSA) is 80.9 Å². The maximum atomic E-state index is 11.7. The molecule has 16 heavy (non-hydrogen) atoms. The van der Waals surface area contributed by atoms with Crippen molar-refractivity contribution in [3.8, 4) is 0 Å². The molecule has 0 aliphatic rings. The van der Waals surface area contributed by atoms with Gasteiger partial charge >= 0.3 is 0 Å². The second kappa shape index (κ2) is 4.76. The molecule has 6 heteroatoms. The van der Waals surface area contributed by atoms with Crippen LogP contribution >= 0.6 is 11.6 Å². The van der Waals surface area contributed by atoms with Gasteiger partial charge in [-0.25, -0.2) is 9.97 Å². The lowest BCUT2D eigenvalue weighted by Gasteiger charge is -2.25. The van der Waals surface area contributed by atoms with Crippen molar-refractivity contribution in [1.82, 2.24) is 9.97 Å². The molecule has 0 fully saturated rings. The van der Waals surface area contributed by atoms with Gasteiger partial charge in [-0.15, -0.1) is 0 Å². The van der Waals surface area contributed by atoms with Crippen molar-refractivity contribution in [3.05, 3.63) is 17.5 Å². The first-order valence-electron chi connectivity index (χ1n) is 4.85. The van der Waals surface area contributed by atoms with Crippen LogP contribution in [0.2, 0.25) is 5.28 Å². The molecule has 0 saturated heterocycles. The van der Waals surface area contributed by atoms with Crippen LogP contribution in [0.5, 0.6) is 0 Å². The van der Waals surface area contributed by atoms with E-state index in [1.165, 1.54) is 6.20 Å². The highest BCUT2D eigenvalue weighted by Crippen LogP contribution is 2.18. The number of halogens is 1. The lowest BCUT2D eigenvalue weighted by Crippen LogP contribution is -2.45. The minimum atomic E-state index is -0.610. The monoisotopic (exact) mass is 242 g/mol. The molecule has 1 amide bonds. The lowest BCUT2D eigenvalue weighted by molar-refractivity contribution is -0.119. The van der Waals surface area contributed by atoms with Crippen LogP contribution < -0.4 is 11.1 Å². The number of rotatable bonds is 2. The van der Waals surface area contributed by atoms with E-state index in [9.17, 15) is 4.79 Å². The largest absolute Gasteiger partial charge is 0.319 e. The van der Waals surface area contributed by atoms with Gasteiger partial charge in [-0.3, -0.25) is 4.79 Å². The summed E-state index contributed by atoms with van der Waals surface area (Å²) in [6.07, 6.45) is 1.47. The van der Waals surface area contributed by atoms with Gasteiger partial charge in [0.1, 0.15) is 5.82 Å². The summed E-state index contributed by atoms with van der Waals surface area (Å²) in [6.45, 7) is 5.68. The third-order valence-electron chi connectivity index (χ3n) is 2.09. The maximum absolute atomic E-state index is 11.7. The van der Waals surface area contributed by atoms with Crippen molar-refractivity contribution in [2.75, 3.05) is 5.32 Å². The van der Waals surface area contributed by atoms with E-state index >= 15 is 0 Å². The number of hydrogen-bond acceptors (Lipinski definition) is 4. The number of carbonyl (C=O) groups is 1. The smallest absolute Gasteiger partial charge is 0.242 e. The van der Waals surface area contributed by atoms with E-state index in [-0.39, 0.29) is 16.6 Å². The fourth-order valence-electron chi connectivity index (χ4n) is 1.00. The van der Waals surface area contributed by atoms with Crippen LogP contribution in [0.15, 0.2) is 12.3 Å². The Bertz CT molecular complexity index is 389. The Morgan fingerprint density at radius 2 is 2.19 bits per heavy atom. The summed E-state index contributed by atoms with van der Waals surface area (Å²) in [7, 11) is 0. The quantitative estimate of drug-likeness (QED) is 0.769. The summed E-state index contributed by atoms with van der Waals surface area (Å²) in [5.74, 6) is 0.0620. The van der Waals surface area contributed by atoms with E-state index in [1.54, 1.807) is 6.07 Å². The minimum absolute atomic E-state index is 0.0853. The van der Waals surface area contributed by atoms with E-state index in [0.717, 1.165) is 0 Å². The number of anilines is 1. The normalized spacial score (nSPS) is 13.3. The van der Waals surface area contributed by atoms with Crippen LogP contribution in [-0.2, 0) is 4.79 Å². The van der Waals surface area contributed by atoms with Crippen LogP contribution in [0.4, 0.5) is 5.82 Å². The third kappa shape index (κ3) is 3.43. The molecular formula is C10H15ClN4O. The van der Waals surface area contributed by atoms with Gasteiger partial charge in [0.2, 0.25) is 11.2 Å². The van der Waals surface area contributed by atoms with Crippen molar-refractivity contribution in [1.29, 1.82) is 0 Å². The molecule has 1 aromatic heterocycles. The van der Waals surface area contributed by atoms with Gasteiger partial charge in [-0.05, 0) is 23.1 Å². The van der Waals surface area contributed by atoms with Gasteiger partial charge < -0.3 is 11.1 Å². The summed E-state index contributed by atoms with van der Waals surface area (Å²) >= 11 is 5.59. The number of nitrogens with zero attached hydrogens (tertiary/aromatic N) is 2. The van der Waals surface area contributed by atoms with Crippen molar-refractivity contribution in [2.24, 2.45) is 11.1 Å².